The van der Waals surface area contributed by atoms with Gasteiger partial charge in [-0.25, -0.2) is 0 Å². The van der Waals surface area contributed by atoms with Crippen molar-refractivity contribution in [2.45, 2.75) is 47.6 Å². The number of hydrogen-bond donors (Lipinski definition) is 0. The summed E-state index contributed by atoms with van der Waals surface area (Å²) in [4.78, 5) is 0. The fourth-order valence-corrected chi connectivity index (χ4v) is 2.89. The molecule has 1 saturated carbocycles. The van der Waals surface area contributed by atoms with Crippen LogP contribution in [0.5, 0.6) is 0 Å². The Hall–Kier alpha value is -0.720. The van der Waals surface area contributed by atoms with E-state index in [1.807, 2.05) is 0 Å². The van der Waals surface area contributed by atoms with Crippen LogP contribution in [0.1, 0.15) is 45.1 Å². The second-order valence-corrected chi connectivity index (χ2v) is 5.83. The van der Waals surface area contributed by atoms with Crippen molar-refractivity contribution in [1.82, 2.24) is 4.57 Å². The van der Waals surface area contributed by atoms with Gasteiger partial charge in [0.05, 0.1) is 0 Å². The number of hydrogen-bond acceptors (Lipinski definition) is 0. The molecule has 0 bridgehead atoms. The Kier molecular flexibility index (Phi) is 1.72. The third-order valence-corrected chi connectivity index (χ3v) is 4.53. The lowest BCUT2D eigenvalue weighted by Crippen LogP contribution is -2.04. The molecule has 1 aromatic rings. The van der Waals surface area contributed by atoms with Gasteiger partial charge in [-0.05, 0) is 36.8 Å². The molecular weight excluding hydrogens is 170 g/mol. The van der Waals surface area contributed by atoms with Gasteiger partial charge >= 0.3 is 0 Å². The average molecular weight is 191 g/mol. The van der Waals surface area contributed by atoms with Gasteiger partial charge in [-0.2, -0.15) is 0 Å². The Morgan fingerprint density at radius 1 is 0.929 bits per heavy atom. The van der Waals surface area contributed by atoms with E-state index >= 15 is 0 Å². The van der Waals surface area contributed by atoms with E-state index in [4.69, 9.17) is 0 Å². The van der Waals surface area contributed by atoms with Crippen LogP contribution in [0.25, 0.3) is 0 Å². The van der Waals surface area contributed by atoms with Crippen LogP contribution in [0.4, 0.5) is 0 Å². The molecule has 1 heterocycles. The van der Waals surface area contributed by atoms with E-state index in [1.54, 1.807) is 0 Å². The highest BCUT2D eigenvalue weighted by Gasteiger charge is 2.66. The summed E-state index contributed by atoms with van der Waals surface area (Å²) in [5.74, 6) is 0. The third-order valence-electron chi connectivity index (χ3n) is 4.53. The number of aryl methyl sites for hydroxylation is 2. The Bertz CT molecular complexity index is 335. The van der Waals surface area contributed by atoms with Crippen LogP contribution < -0.4 is 0 Å². The molecule has 78 valence electrons. The predicted molar refractivity (Wildman–Crippen MR) is 60.5 cm³/mol. The van der Waals surface area contributed by atoms with Gasteiger partial charge in [0.2, 0.25) is 0 Å². The lowest BCUT2D eigenvalue weighted by Gasteiger charge is -2.11. The maximum atomic E-state index is 2.50. The summed E-state index contributed by atoms with van der Waals surface area (Å²) in [5.41, 5.74) is 3.65. The van der Waals surface area contributed by atoms with Crippen LogP contribution in [-0.4, -0.2) is 4.57 Å². The third kappa shape index (κ3) is 0.958. The van der Waals surface area contributed by atoms with Crippen molar-refractivity contribution >= 4 is 0 Å². The molecule has 1 nitrogen and oxygen atoms in total. The van der Waals surface area contributed by atoms with E-state index in [9.17, 15) is 0 Å². The highest BCUT2D eigenvalue weighted by molar-refractivity contribution is 5.25. The fraction of sp³-hybridized carbons (Fsp3) is 0.692. The van der Waals surface area contributed by atoms with E-state index < -0.39 is 0 Å². The lowest BCUT2D eigenvalue weighted by atomic mass is 10.0. The molecule has 1 aliphatic rings. The summed E-state index contributed by atoms with van der Waals surface area (Å²) in [6.07, 6.45) is 0. The minimum atomic E-state index is 0.432. The van der Waals surface area contributed by atoms with E-state index in [0.29, 0.717) is 16.9 Å². The number of nitrogens with zero attached hydrogens (tertiary/aromatic N) is 1. The quantitative estimate of drug-likeness (QED) is 0.637. The van der Waals surface area contributed by atoms with Crippen molar-refractivity contribution in [3.8, 4) is 0 Å². The summed E-state index contributed by atoms with van der Waals surface area (Å²) >= 11 is 0. The Labute approximate surface area is 87.1 Å². The molecule has 0 unspecified atom stereocenters. The molecular formula is C13H21N. The van der Waals surface area contributed by atoms with Crippen LogP contribution >= 0.6 is 0 Å². The first kappa shape index (κ1) is 9.82. The normalized spacial score (nSPS) is 23.9. The Morgan fingerprint density at radius 2 is 1.29 bits per heavy atom. The monoisotopic (exact) mass is 191 g/mol. The highest BCUT2D eigenvalue weighted by atomic mass is 15.1. The SMILES string of the molecule is Cc1ccc(C)n1C1C(C)(C)C1(C)C. The van der Waals surface area contributed by atoms with Crippen LogP contribution in [0, 0.1) is 24.7 Å². The fourth-order valence-electron chi connectivity index (χ4n) is 2.89. The molecule has 0 radical (unpaired) electrons. The summed E-state index contributed by atoms with van der Waals surface area (Å²) in [7, 11) is 0. The predicted octanol–water partition coefficient (Wildman–Crippen LogP) is 3.71. The van der Waals surface area contributed by atoms with Crippen molar-refractivity contribution in [2.24, 2.45) is 10.8 Å². The summed E-state index contributed by atoms with van der Waals surface area (Å²) in [5, 5.41) is 0. The molecule has 2 rings (SSSR count). The highest BCUT2D eigenvalue weighted by Crippen LogP contribution is 2.71. The first-order valence-electron chi connectivity index (χ1n) is 5.44. The molecule has 0 atom stereocenters. The van der Waals surface area contributed by atoms with E-state index in [2.05, 4.69) is 58.2 Å². The van der Waals surface area contributed by atoms with Gasteiger partial charge in [0.1, 0.15) is 0 Å². The zero-order valence-electron chi connectivity index (χ0n) is 10.2. The topological polar surface area (TPSA) is 4.93 Å². The molecule has 1 aromatic heterocycles. The smallest absolute Gasteiger partial charge is 0.0449 e. The maximum absolute atomic E-state index is 2.50. The molecule has 0 aromatic carbocycles. The Balaban J connectivity index is 2.45. The molecule has 14 heavy (non-hydrogen) atoms. The van der Waals surface area contributed by atoms with Crippen LogP contribution in [0.2, 0.25) is 0 Å². The van der Waals surface area contributed by atoms with Crippen LogP contribution in [0.15, 0.2) is 12.1 Å². The van der Waals surface area contributed by atoms with E-state index in [0.717, 1.165) is 0 Å². The van der Waals surface area contributed by atoms with E-state index in [1.165, 1.54) is 11.4 Å². The molecule has 1 heteroatoms. The van der Waals surface area contributed by atoms with Crippen molar-refractivity contribution in [1.29, 1.82) is 0 Å². The molecule has 0 amide bonds. The summed E-state index contributed by atoms with van der Waals surface area (Å²) in [6.45, 7) is 13.9. The molecule has 0 saturated heterocycles. The van der Waals surface area contributed by atoms with Crippen LogP contribution in [-0.2, 0) is 0 Å². The van der Waals surface area contributed by atoms with E-state index in [-0.39, 0.29) is 0 Å². The Morgan fingerprint density at radius 3 is 1.57 bits per heavy atom. The molecule has 1 fully saturated rings. The van der Waals surface area contributed by atoms with Crippen molar-refractivity contribution < 1.29 is 0 Å². The number of aromatic nitrogens is 1. The largest absolute Gasteiger partial charge is 0.345 e. The first-order chi connectivity index (χ1) is 6.30. The van der Waals surface area contributed by atoms with Gasteiger partial charge in [0.25, 0.3) is 0 Å². The van der Waals surface area contributed by atoms with Crippen LogP contribution in [0.3, 0.4) is 0 Å². The van der Waals surface area contributed by atoms with Gasteiger partial charge in [-0.15, -0.1) is 0 Å². The summed E-state index contributed by atoms with van der Waals surface area (Å²) in [6, 6.07) is 5.12. The zero-order valence-corrected chi connectivity index (χ0v) is 10.2. The second kappa shape index (κ2) is 2.44. The van der Waals surface area contributed by atoms with Gasteiger partial charge in [-0.3, -0.25) is 0 Å². The van der Waals surface area contributed by atoms with Gasteiger partial charge in [-0.1, -0.05) is 27.7 Å². The van der Waals surface area contributed by atoms with Gasteiger partial charge in [0.15, 0.2) is 0 Å². The van der Waals surface area contributed by atoms with Crippen molar-refractivity contribution in [3.05, 3.63) is 23.5 Å². The zero-order chi connectivity index (χ0) is 10.7. The lowest BCUT2D eigenvalue weighted by molar-refractivity contribution is 0.457. The van der Waals surface area contributed by atoms with Gasteiger partial charge < -0.3 is 4.57 Å². The van der Waals surface area contributed by atoms with Crippen molar-refractivity contribution in [2.75, 3.05) is 0 Å². The average Bonchev–Trinajstić information content (AvgIpc) is 2.37. The molecule has 1 aliphatic carbocycles. The maximum Gasteiger partial charge on any atom is 0.0449 e. The molecule has 0 aliphatic heterocycles. The first-order valence-corrected chi connectivity index (χ1v) is 5.44. The standard InChI is InChI=1S/C13H21N/c1-9-7-8-10(2)14(9)11-12(3,4)13(11,5)6/h7-8,11H,1-6H3. The van der Waals surface area contributed by atoms with Gasteiger partial charge in [0, 0.05) is 17.4 Å². The second-order valence-electron chi connectivity index (χ2n) is 5.83. The minimum absolute atomic E-state index is 0.432. The number of rotatable bonds is 1. The minimum Gasteiger partial charge on any atom is -0.345 e. The molecule has 0 spiro atoms. The summed E-state index contributed by atoms with van der Waals surface area (Å²) < 4.78 is 2.50. The van der Waals surface area contributed by atoms with Crippen molar-refractivity contribution in [3.63, 3.8) is 0 Å². The molecule has 0 N–H and O–H groups in total.